The van der Waals surface area contributed by atoms with E-state index >= 15 is 0 Å². The number of thioether (sulfide) groups is 1. The number of benzene rings is 2. The van der Waals surface area contributed by atoms with Crippen LogP contribution in [0.1, 0.15) is 30.9 Å². The highest BCUT2D eigenvalue weighted by Gasteiger charge is 2.30. The van der Waals surface area contributed by atoms with Crippen LogP contribution in [-0.2, 0) is 4.79 Å². The lowest BCUT2D eigenvalue weighted by Gasteiger charge is -2.12. The van der Waals surface area contributed by atoms with Gasteiger partial charge in [0.05, 0.1) is 19.0 Å². The van der Waals surface area contributed by atoms with Crippen LogP contribution in [0.25, 0.3) is 11.4 Å². The molecule has 1 aliphatic heterocycles. The number of anilines is 1. The highest BCUT2D eigenvalue weighted by atomic mass is 35.5. The summed E-state index contributed by atoms with van der Waals surface area (Å²) in [6.45, 7) is 3.22. The van der Waals surface area contributed by atoms with Gasteiger partial charge in [0.15, 0.2) is 22.5 Å². The fourth-order valence-corrected chi connectivity index (χ4v) is 4.56. The molecule has 7 nitrogen and oxygen atoms in total. The largest absolute Gasteiger partial charge is 0.490 e. The van der Waals surface area contributed by atoms with Crippen molar-refractivity contribution in [2.45, 2.75) is 37.4 Å². The quantitative estimate of drug-likeness (QED) is 0.503. The van der Waals surface area contributed by atoms with E-state index < -0.39 is 0 Å². The summed E-state index contributed by atoms with van der Waals surface area (Å²) in [7, 11) is 0. The Morgan fingerprint density at radius 2 is 1.97 bits per heavy atom. The summed E-state index contributed by atoms with van der Waals surface area (Å²) >= 11 is 7.44. The molecule has 1 amide bonds. The van der Waals surface area contributed by atoms with Gasteiger partial charge in [-0.3, -0.25) is 9.36 Å². The van der Waals surface area contributed by atoms with Gasteiger partial charge in [-0.15, -0.1) is 10.2 Å². The van der Waals surface area contributed by atoms with Crippen molar-refractivity contribution in [3.63, 3.8) is 0 Å². The van der Waals surface area contributed by atoms with Gasteiger partial charge in [0.2, 0.25) is 5.91 Å². The number of hydrogen-bond donors (Lipinski definition) is 1. The number of nitrogens with zero attached hydrogens (tertiary/aromatic N) is 3. The van der Waals surface area contributed by atoms with Crippen LogP contribution in [-0.4, -0.2) is 39.6 Å². The lowest BCUT2D eigenvalue weighted by Crippen LogP contribution is -2.15. The van der Waals surface area contributed by atoms with E-state index in [1.54, 1.807) is 12.1 Å². The number of halogens is 1. The SMILES string of the molecule is Cc1ccc(Cl)cc1NC(=O)CSc1nnc(-c2ccc3c(c2)OCCCO3)n1C1CC1. The molecule has 2 aliphatic rings. The zero-order valence-electron chi connectivity index (χ0n) is 17.6. The first-order valence-corrected chi connectivity index (χ1v) is 12.0. The molecule has 0 atom stereocenters. The maximum Gasteiger partial charge on any atom is 0.234 e. The molecule has 0 radical (unpaired) electrons. The Bertz CT molecular complexity index is 1160. The molecule has 0 bridgehead atoms. The van der Waals surface area contributed by atoms with Gasteiger partial charge in [-0.2, -0.15) is 0 Å². The Hall–Kier alpha value is -2.71. The highest BCUT2D eigenvalue weighted by Crippen LogP contribution is 2.42. The fourth-order valence-electron chi connectivity index (χ4n) is 3.58. The maximum absolute atomic E-state index is 12.6. The molecule has 1 aromatic heterocycles. The van der Waals surface area contributed by atoms with E-state index in [1.165, 1.54) is 11.8 Å². The zero-order valence-corrected chi connectivity index (χ0v) is 19.2. The number of carbonyl (C=O) groups excluding carboxylic acids is 1. The van der Waals surface area contributed by atoms with Crippen molar-refractivity contribution in [1.29, 1.82) is 0 Å². The van der Waals surface area contributed by atoms with Gasteiger partial charge in [0.1, 0.15) is 0 Å². The second kappa shape index (κ2) is 9.03. The minimum absolute atomic E-state index is 0.108. The summed E-state index contributed by atoms with van der Waals surface area (Å²) in [5.74, 6) is 2.40. The number of aromatic nitrogens is 3. The number of carbonyl (C=O) groups is 1. The van der Waals surface area contributed by atoms with Crippen LogP contribution in [0.2, 0.25) is 5.02 Å². The average molecular weight is 471 g/mol. The van der Waals surface area contributed by atoms with Gasteiger partial charge in [0.25, 0.3) is 0 Å². The monoisotopic (exact) mass is 470 g/mol. The molecule has 5 rings (SSSR count). The van der Waals surface area contributed by atoms with Gasteiger partial charge in [0, 0.05) is 28.7 Å². The first-order chi connectivity index (χ1) is 15.6. The first-order valence-electron chi connectivity index (χ1n) is 10.6. The van der Waals surface area contributed by atoms with Crippen LogP contribution in [0, 0.1) is 6.92 Å². The number of aryl methyl sites for hydroxylation is 1. The lowest BCUT2D eigenvalue weighted by molar-refractivity contribution is -0.113. The van der Waals surface area contributed by atoms with Gasteiger partial charge in [-0.1, -0.05) is 29.4 Å². The Morgan fingerprint density at radius 1 is 1.16 bits per heavy atom. The summed E-state index contributed by atoms with van der Waals surface area (Å²) in [4.78, 5) is 12.6. The molecule has 2 aromatic carbocycles. The Morgan fingerprint density at radius 3 is 2.78 bits per heavy atom. The standard InChI is InChI=1S/C23H23ClN4O3S/c1-14-3-5-16(24)12-18(14)25-21(29)13-32-23-27-26-22(28(23)17-6-7-17)15-4-8-19-20(11-15)31-10-2-9-30-19/h3-5,8,11-12,17H,2,6-7,9-10,13H2,1H3,(H,25,29). The normalized spacial score (nSPS) is 15.3. The summed E-state index contributed by atoms with van der Waals surface area (Å²) in [5.41, 5.74) is 2.62. The molecule has 0 spiro atoms. The van der Waals surface area contributed by atoms with Crippen molar-refractivity contribution in [3.8, 4) is 22.9 Å². The number of hydrogen-bond acceptors (Lipinski definition) is 6. The number of fused-ring (bicyclic) bond motifs is 1. The third kappa shape index (κ3) is 4.56. The van der Waals surface area contributed by atoms with Crippen molar-refractivity contribution in [1.82, 2.24) is 14.8 Å². The van der Waals surface area contributed by atoms with E-state index in [1.807, 2.05) is 31.2 Å². The average Bonchev–Trinajstić information content (AvgIpc) is 3.58. The molecule has 1 aliphatic carbocycles. The van der Waals surface area contributed by atoms with Crippen LogP contribution in [0.15, 0.2) is 41.6 Å². The van der Waals surface area contributed by atoms with Crippen LogP contribution in [0.4, 0.5) is 5.69 Å². The second-order valence-corrected chi connectivity index (χ2v) is 9.29. The molecular weight excluding hydrogens is 448 g/mol. The van der Waals surface area contributed by atoms with Crippen molar-refractivity contribution < 1.29 is 14.3 Å². The molecule has 1 saturated carbocycles. The van der Waals surface area contributed by atoms with Gasteiger partial charge in [-0.25, -0.2) is 0 Å². The van der Waals surface area contributed by atoms with Gasteiger partial charge in [-0.05, 0) is 55.7 Å². The van der Waals surface area contributed by atoms with Crippen molar-refractivity contribution in [2.24, 2.45) is 0 Å². The van der Waals surface area contributed by atoms with E-state index in [4.69, 9.17) is 21.1 Å². The van der Waals surface area contributed by atoms with E-state index in [9.17, 15) is 4.79 Å². The van der Waals surface area contributed by atoms with Crippen molar-refractivity contribution >= 4 is 35.0 Å². The molecule has 9 heteroatoms. The van der Waals surface area contributed by atoms with Crippen LogP contribution < -0.4 is 14.8 Å². The van der Waals surface area contributed by atoms with Crippen molar-refractivity contribution in [3.05, 3.63) is 47.0 Å². The predicted octanol–water partition coefficient (Wildman–Crippen LogP) is 5.13. The molecule has 3 aromatic rings. The molecule has 0 unspecified atom stereocenters. The number of amides is 1. The summed E-state index contributed by atoms with van der Waals surface area (Å²) < 4.78 is 13.7. The smallest absolute Gasteiger partial charge is 0.234 e. The van der Waals surface area contributed by atoms with Gasteiger partial charge >= 0.3 is 0 Å². The van der Waals surface area contributed by atoms with E-state index in [0.29, 0.717) is 24.3 Å². The topological polar surface area (TPSA) is 78.3 Å². The van der Waals surface area contributed by atoms with Crippen LogP contribution in [0.3, 0.4) is 0 Å². The second-order valence-electron chi connectivity index (χ2n) is 7.92. The molecular formula is C23H23ClN4O3S. The van der Waals surface area contributed by atoms with Gasteiger partial charge < -0.3 is 14.8 Å². The summed E-state index contributed by atoms with van der Waals surface area (Å²) in [6.07, 6.45) is 3.02. The summed E-state index contributed by atoms with van der Waals surface area (Å²) in [5, 5.41) is 13.1. The van der Waals surface area contributed by atoms with Crippen LogP contribution >= 0.6 is 23.4 Å². The molecule has 1 fully saturated rings. The number of rotatable bonds is 6. The minimum Gasteiger partial charge on any atom is -0.490 e. The molecule has 32 heavy (non-hydrogen) atoms. The Kier molecular flexibility index (Phi) is 5.97. The molecule has 1 N–H and O–H groups in total. The number of nitrogens with one attached hydrogen (secondary N) is 1. The van der Waals surface area contributed by atoms with Crippen molar-refractivity contribution in [2.75, 3.05) is 24.3 Å². The lowest BCUT2D eigenvalue weighted by atomic mass is 10.2. The highest BCUT2D eigenvalue weighted by molar-refractivity contribution is 7.99. The minimum atomic E-state index is -0.108. The summed E-state index contributed by atoms with van der Waals surface area (Å²) in [6, 6.07) is 11.7. The number of ether oxygens (including phenoxy) is 2. The first kappa shape index (κ1) is 21.2. The zero-order chi connectivity index (χ0) is 22.1. The predicted molar refractivity (Wildman–Crippen MR) is 125 cm³/mol. The Balaban J connectivity index is 1.33. The maximum atomic E-state index is 12.6. The third-order valence-electron chi connectivity index (χ3n) is 5.39. The fraction of sp³-hybridized carbons (Fsp3) is 0.348. The molecule has 0 saturated heterocycles. The van der Waals surface area contributed by atoms with E-state index in [-0.39, 0.29) is 11.7 Å². The molecule has 166 valence electrons. The third-order valence-corrected chi connectivity index (χ3v) is 6.57. The van der Waals surface area contributed by atoms with E-state index in [2.05, 4.69) is 20.1 Å². The Labute approximate surface area is 195 Å². The van der Waals surface area contributed by atoms with Crippen LogP contribution in [0.5, 0.6) is 11.5 Å². The van der Waals surface area contributed by atoms with E-state index in [0.717, 1.165) is 58.6 Å². The molecule has 2 heterocycles.